The average molecular weight is 570 g/mol. The van der Waals surface area contributed by atoms with Gasteiger partial charge in [-0.15, -0.1) is 35.9 Å². The van der Waals surface area contributed by atoms with Crippen LogP contribution in [0.1, 0.15) is 10.5 Å². The average Bonchev–Trinajstić information content (AvgIpc) is 2.79. The standard InChI is InChI=1S/C14H9NO2.C11H8N.Ir/c16-14(17)13-7-11-5-9-3-1-2-4-10(9)6-12(11)8-15-13;1-2-6-10(7-3-1)11-8-4-5-9-12-11;/h1-8H,(H,16,17);1-6,8-9H;/q;-1;. The van der Waals surface area contributed by atoms with Crippen molar-refractivity contribution in [2.24, 2.45) is 0 Å². The summed E-state index contributed by atoms with van der Waals surface area (Å²) >= 11 is 0. The van der Waals surface area contributed by atoms with Gasteiger partial charge in [0.25, 0.3) is 0 Å². The van der Waals surface area contributed by atoms with E-state index in [1.54, 1.807) is 18.5 Å². The number of carboxylic acid groups (broad SMARTS) is 1. The van der Waals surface area contributed by atoms with E-state index in [0.717, 1.165) is 32.8 Å². The maximum Gasteiger partial charge on any atom is 0.354 e. The SMILES string of the molecule is O=C(O)c1cc2cc3ccccc3cc2cn1.[Ir].[c-]1ccccc1-c1ccccn1. The molecule has 2 aromatic heterocycles. The zero-order valence-corrected chi connectivity index (χ0v) is 18.2. The summed E-state index contributed by atoms with van der Waals surface area (Å²) in [6, 6.07) is 30.4. The Labute approximate surface area is 187 Å². The molecule has 5 rings (SSSR count). The third-order valence-electron chi connectivity index (χ3n) is 4.46. The number of aromatic carboxylic acids is 1. The molecule has 30 heavy (non-hydrogen) atoms. The normalized spacial score (nSPS) is 10.0. The van der Waals surface area contributed by atoms with Crippen molar-refractivity contribution in [2.75, 3.05) is 0 Å². The Morgan fingerprint density at radius 3 is 2.10 bits per heavy atom. The second-order valence-electron chi connectivity index (χ2n) is 6.41. The first-order valence-electron chi connectivity index (χ1n) is 9.11. The van der Waals surface area contributed by atoms with Crippen LogP contribution in [-0.4, -0.2) is 21.0 Å². The molecule has 0 saturated heterocycles. The predicted octanol–water partition coefficient (Wildman–Crippen LogP) is 5.63. The second-order valence-corrected chi connectivity index (χ2v) is 6.41. The summed E-state index contributed by atoms with van der Waals surface area (Å²) in [6.45, 7) is 0. The number of carbonyl (C=O) groups is 1. The molecule has 149 valence electrons. The van der Waals surface area contributed by atoms with Gasteiger partial charge in [-0.1, -0.05) is 36.4 Å². The summed E-state index contributed by atoms with van der Waals surface area (Å²) in [6.07, 6.45) is 3.39. The van der Waals surface area contributed by atoms with Gasteiger partial charge in [0.1, 0.15) is 5.69 Å². The van der Waals surface area contributed by atoms with Gasteiger partial charge in [0.2, 0.25) is 0 Å². The molecule has 4 nitrogen and oxygen atoms in total. The number of benzene rings is 3. The van der Waals surface area contributed by atoms with Gasteiger partial charge in [0, 0.05) is 37.9 Å². The fourth-order valence-electron chi connectivity index (χ4n) is 3.03. The number of rotatable bonds is 2. The Balaban J connectivity index is 0.000000175. The summed E-state index contributed by atoms with van der Waals surface area (Å²) in [5.41, 5.74) is 2.09. The maximum absolute atomic E-state index is 10.8. The van der Waals surface area contributed by atoms with Crippen LogP contribution >= 0.6 is 0 Å². The molecule has 0 unspecified atom stereocenters. The van der Waals surface area contributed by atoms with E-state index >= 15 is 0 Å². The van der Waals surface area contributed by atoms with Crippen molar-refractivity contribution < 1.29 is 30.0 Å². The predicted molar refractivity (Wildman–Crippen MR) is 115 cm³/mol. The van der Waals surface area contributed by atoms with Gasteiger partial charge in [-0.3, -0.25) is 0 Å². The molecule has 0 amide bonds. The van der Waals surface area contributed by atoms with E-state index < -0.39 is 5.97 Å². The molecule has 5 heteroatoms. The van der Waals surface area contributed by atoms with E-state index in [-0.39, 0.29) is 25.8 Å². The Bertz CT molecular complexity index is 1240. The zero-order chi connectivity index (χ0) is 20.1. The largest absolute Gasteiger partial charge is 0.477 e. The fourth-order valence-corrected chi connectivity index (χ4v) is 3.03. The van der Waals surface area contributed by atoms with Gasteiger partial charge < -0.3 is 10.1 Å². The fraction of sp³-hybridized carbons (Fsp3) is 0. The van der Waals surface area contributed by atoms with Gasteiger partial charge in [-0.25, -0.2) is 9.78 Å². The van der Waals surface area contributed by atoms with Crippen molar-refractivity contribution in [1.29, 1.82) is 0 Å². The molecule has 0 saturated carbocycles. The molecule has 0 aliphatic carbocycles. The summed E-state index contributed by atoms with van der Waals surface area (Å²) in [5, 5.41) is 13.0. The Hall–Kier alpha value is -3.40. The van der Waals surface area contributed by atoms with Gasteiger partial charge in [-0.05, 0) is 46.1 Å². The van der Waals surface area contributed by atoms with E-state index in [1.165, 1.54) is 0 Å². The molecular weight excluding hydrogens is 553 g/mol. The number of hydrogen-bond acceptors (Lipinski definition) is 3. The van der Waals surface area contributed by atoms with Crippen molar-refractivity contribution in [3.8, 4) is 11.3 Å². The molecule has 3 aromatic carbocycles. The molecule has 5 aromatic rings. The molecule has 1 N–H and O–H groups in total. The molecule has 0 aliphatic rings. The first-order chi connectivity index (χ1) is 14.2. The third kappa shape index (κ3) is 4.95. The number of pyridine rings is 2. The van der Waals surface area contributed by atoms with Crippen LogP contribution in [0.5, 0.6) is 0 Å². The van der Waals surface area contributed by atoms with E-state index in [2.05, 4.69) is 16.0 Å². The minimum Gasteiger partial charge on any atom is -0.477 e. The summed E-state index contributed by atoms with van der Waals surface area (Å²) < 4.78 is 0. The maximum atomic E-state index is 10.8. The van der Waals surface area contributed by atoms with E-state index in [0.29, 0.717) is 0 Å². The second kappa shape index (κ2) is 9.88. The van der Waals surface area contributed by atoms with Crippen LogP contribution in [-0.2, 0) is 20.1 Å². The van der Waals surface area contributed by atoms with Gasteiger partial charge in [0.15, 0.2) is 0 Å². The van der Waals surface area contributed by atoms with Crippen molar-refractivity contribution in [1.82, 2.24) is 9.97 Å². The number of hydrogen-bond donors (Lipinski definition) is 1. The smallest absolute Gasteiger partial charge is 0.354 e. The minimum atomic E-state index is -1.000. The molecule has 0 bridgehead atoms. The van der Waals surface area contributed by atoms with Crippen molar-refractivity contribution in [3.05, 3.63) is 109 Å². The molecular formula is C25H17IrN2O2-. The van der Waals surface area contributed by atoms with Crippen LogP contribution in [0.4, 0.5) is 0 Å². The summed E-state index contributed by atoms with van der Waals surface area (Å²) in [7, 11) is 0. The zero-order valence-electron chi connectivity index (χ0n) is 15.8. The van der Waals surface area contributed by atoms with Crippen LogP contribution in [0.25, 0.3) is 32.8 Å². The third-order valence-corrected chi connectivity index (χ3v) is 4.46. The van der Waals surface area contributed by atoms with Gasteiger partial charge in [0.05, 0.1) is 0 Å². The quantitative estimate of drug-likeness (QED) is 0.221. The number of aromatic nitrogens is 2. The number of fused-ring (bicyclic) bond motifs is 2. The Morgan fingerprint density at radius 1 is 0.767 bits per heavy atom. The number of nitrogens with zero attached hydrogens (tertiary/aromatic N) is 2. The molecule has 0 atom stereocenters. The van der Waals surface area contributed by atoms with E-state index in [9.17, 15) is 4.79 Å². The van der Waals surface area contributed by atoms with Crippen LogP contribution in [0.3, 0.4) is 0 Å². The van der Waals surface area contributed by atoms with Gasteiger partial charge in [-0.2, -0.15) is 0 Å². The monoisotopic (exact) mass is 570 g/mol. The summed E-state index contributed by atoms with van der Waals surface area (Å²) in [4.78, 5) is 19.0. The van der Waals surface area contributed by atoms with Crippen LogP contribution < -0.4 is 0 Å². The first kappa shape index (κ1) is 21.3. The van der Waals surface area contributed by atoms with Crippen molar-refractivity contribution in [3.63, 3.8) is 0 Å². The molecule has 1 radical (unpaired) electrons. The van der Waals surface area contributed by atoms with Crippen molar-refractivity contribution in [2.45, 2.75) is 0 Å². The Morgan fingerprint density at radius 2 is 1.47 bits per heavy atom. The van der Waals surface area contributed by atoms with Crippen LogP contribution in [0.15, 0.2) is 97.3 Å². The van der Waals surface area contributed by atoms with E-state index in [1.807, 2.05) is 78.9 Å². The van der Waals surface area contributed by atoms with E-state index in [4.69, 9.17) is 5.11 Å². The van der Waals surface area contributed by atoms with Crippen LogP contribution in [0, 0.1) is 6.07 Å². The summed E-state index contributed by atoms with van der Waals surface area (Å²) in [5.74, 6) is -1.000. The van der Waals surface area contributed by atoms with Gasteiger partial charge >= 0.3 is 5.97 Å². The molecule has 0 fully saturated rings. The first-order valence-corrected chi connectivity index (χ1v) is 9.11. The molecule has 0 spiro atoms. The minimum absolute atomic E-state index is 0. The number of carboxylic acids is 1. The Kier molecular flexibility index (Phi) is 7.02. The molecule has 0 aliphatic heterocycles. The topological polar surface area (TPSA) is 63.1 Å². The van der Waals surface area contributed by atoms with Crippen LogP contribution in [0.2, 0.25) is 0 Å². The molecule has 2 heterocycles. The van der Waals surface area contributed by atoms with Crippen molar-refractivity contribution >= 4 is 27.5 Å².